The van der Waals surface area contributed by atoms with E-state index in [0.29, 0.717) is 26.2 Å². The molecule has 17 heavy (non-hydrogen) atoms. The maximum atomic E-state index is 9.07. The molecule has 0 amide bonds. The Bertz CT molecular complexity index is 164. The minimum absolute atomic E-state index is 0.00510. The van der Waals surface area contributed by atoms with Crippen LogP contribution in [-0.2, 0) is 0 Å². The van der Waals surface area contributed by atoms with E-state index in [1.807, 2.05) is 4.90 Å². The monoisotopic (exact) mass is 252 g/mol. The van der Waals surface area contributed by atoms with Gasteiger partial charge in [0.05, 0.1) is 38.6 Å². The van der Waals surface area contributed by atoms with Gasteiger partial charge in [0.15, 0.2) is 0 Å². The lowest BCUT2D eigenvalue weighted by Gasteiger charge is -2.30. The summed E-state index contributed by atoms with van der Waals surface area (Å²) in [5.74, 6) is 0. The summed E-state index contributed by atoms with van der Waals surface area (Å²) in [6.07, 6.45) is 0. The van der Waals surface area contributed by atoms with Crippen molar-refractivity contribution in [3.8, 4) is 0 Å². The van der Waals surface area contributed by atoms with E-state index in [9.17, 15) is 0 Å². The zero-order valence-corrected chi connectivity index (χ0v) is 10.0. The van der Waals surface area contributed by atoms with Crippen LogP contribution in [0.5, 0.6) is 0 Å². The molecule has 0 saturated heterocycles. The van der Waals surface area contributed by atoms with Crippen molar-refractivity contribution in [2.75, 3.05) is 59.2 Å². The maximum absolute atomic E-state index is 9.07. The lowest BCUT2D eigenvalue weighted by molar-refractivity contribution is 0.0400. The lowest BCUT2D eigenvalue weighted by Crippen LogP contribution is -2.56. The number of nitrogens with zero attached hydrogens (tertiary/aromatic N) is 1. The second-order valence-corrected chi connectivity index (χ2v) is 3.97. The highest BCUT2D eigenvalue weighted by Crippen LogP contribution is 2.00. The molecule has 0 aromatic heterocycles. The summed E-state index contributed by atoms with van der Waals surface area (Å²) in [4.78, 5) is 1.84. The number of aliphatic hydroxyl groups is 5. The summed E-state index contributed by atoms with van der Waals surface area (Å²) < 4.78 is 0. The molecule has 0 fully saturated rings. The molecule has 0 atom stereocenters. The molecule has 104 valence electrons. The molecule has 0 aromatic rings. The van der Waals surface area contributed by atoms with Gasteiger partial charge in [-0.25, -0.2) is 0 Å². The summed E-state index contributed by atoms with van der Waals surface area (Å²) in [7, 11) is 0. The fourth-order valence-electron chi connectivity index (χ4n) is 1.42. The summed E-state index contributed by atoms with van der Waals surface area (Å²) in [6, 6.07) is 0. The van der Waals surface area contributed by atoms with Gasteiger partial charge in [-0.1, -0.05) is 0 Å². The van der Waals surface area contributed by atoms with Crippen LogP contribution < -0.4 is 5.32 Å². The predicted octanol–water partition coefficient (Wildman–Crippen LogP) is -3.42. The van der Waals surface area contributed by atoms with Crippen molar-refractivity contribution in [2.45, 2.75) is 5.54 Å². The van der Waals surface area contributed by atoms with E-state index in [0.717, 1.165) is 0 Å². The molecule has 0 heterocycles. The summed E-state index contributed by atoms with van der Waals surface area (Å²) in [6.45, 7) is 0.806. The van der Waals surface area contributed by atoms with Gasteiger partial charge in [-0.15, -0.1) is 0 Å². The third-order valence-electron chi connectivity index (χ3n) is 2.67. The molecule has 0 radical (unpaired) electrons. The predicted molar refractivity (Wildman–Crippen MR) is 62.6 cm³/mol. The molecule has 0 aromatic carbocycles. The maximum Gasteiger partial charge on any atom is 0.0882 e. The molecule has 0 spiro atoms. The van der Waals surface area contributed by atoms with Crippen molar-refractivity contribution in [1.82, 2.24) is 10.2 Å². The summed E-state index contributed by atoms with van der Waals surface area (Å²) in [5, 5.41) is 47.7. The summed E-state index contributed by atoms with van der Waals surface area (Å²) >= 11 is 0. The van der Waals surface area contributed by atoms with E-state index in [-0.39, 0.29) is 33.0 Å². The zero-order valence-electron chi connectivity index (χ0n) is 10.0. The topological polar surface area (TPSA) is 116 Å². The first kappa shape index (κ1) is 16.7. The Morgan fingerprint density at radius 1 is 0.765 bits per heavy atom. The Balaban J connectivity index is 3.99. The first-order chi connectivity index (χ1) is 8.17. The van der Waals surface area contributed by atoms with Crippen molar-refractivity contribution in [1.29, 1.82) is 0 Å². The van der Waals surface area contributed by atoms with Gasteiger partial charge in [-0.05, 0) is 0 Å². The standard InChI is InChI=1S/C10H24N2O5/c13-5-3-12(4-6-14)2-1-11-10(7-15,8-16)9-17/h11,13-17H,1-9H2. The van der Waals surface area contributed by atoms with Gasteiger partial charge >= 0.3 is 0 Å². The molecule has 0 bridgehead atoms. The van der Waals surface area contributed by atoms with Crippen LogP contribution in [0.15, 0.2) is 0 Å². The molecular weight excluding hydrogens is 228 g/mol. The van der Waals surface area contributed by atoms with Gasteiger partial charge in [0.25, 0.3) is 0 Å². The first-order valence-electron chi connectivity index (χ1n) is 5.69. The lowest BCUT2D eigenvalue weighted by atomic mass is 10.0. The van der Waals surface area contributed by atoms with Crippen LogP contribution in [0.2, 0.25) is 0 Å². The smallest absolute Gasteiger partial charge is 0.0882 e. The largest absolute Gasteiger partial charge is 0.395 e. The molecule has 0 rings (SSSR count). The van der Waals surface area contributed by atoms with Crippen molar-refractivity contribution >= 4 is 0 Å². The van der Waals surface area contributed by atoms with E-state index in [4.69, 9.17) is 25.5 Å². The minimum atomic E-state index is -1.08. The highest BCUT2D eigenvalue weighted by Gasteiger charge is 2.26. The number of aliphatic hydroxyl groups excluding tert-OH is 5. The van der Waals surface area contributed by atoms with Crippen LogP contribution in [-0.4, -0.2) is 95.2 Å². The van der Waals surface area contributed by atoms with E-state index < -0.39 is 5.54 Å². The highest BCUT2D eigenvalue weighted by molar-refractivity contribution is 4.86. The van der Waals surface area contributed by atoms with Crippen LogP contribution in [0.25, 0.3) is 0 Å². The van der Waals surface area contributed by atoms with Gasteiger partial charge in [-0.3, -0.25) is 4.90 Å². The first-order valence-corrected chi connectivity index (χ1v) is 5.69. The third kappa shape index (κ3) is 6.27. The second-order valence-electron chi connectivity index (χ2n) is 3.97. The van der Waals surface area contributed by atoms with E-state index in [2.05, 4.69) is 5.32 Å². The van der Waals surface area contributed by atoms with Crippen LogP contribution in [0.4, 0.5) is 0 Å². The second kappa shape index (κ2) is 9.72. The summed E-state index contributed by atoms with van der Waals surface area (Å²) in [5.41, 5.74) is -1.08. The molecule has 7 heteroatoms. The zero-order chi connectivity index (χ0) is 13.1. The van der Waals surface area contributed by atoms with Crippen molar-refractivity contribution in [2.24, 2.45) is 0 Å². The Morgan fingerprint density at radius 2 is 1.24 bits per heavy atom. The van der Waals surface area contributed by atoms with Crippen LogP contribution in [0.3, 0.4) is 0 Å². The van der Waals surface area contributed by atoms with Crippen molar-refractivity contribution in [3.63, 3.8) is 0 Å². The Kier molecular flexibility index (Phi) is 9.56. The van der Waals surface area contributed by atoms with Gasteiger partial charge < -0.3 is 30.8 Å². The van der Waals surface area contributed by atoms with Crippen LogP contribution >= 0.6 is 0 Å². The number of hydrogen-bond donors (Lipinski definition) is 6. The van der Waals surface area contributed by atoms with Crippen molar-refractivity contribution < 1.29 is 25.5 Å². The van der Waals surface area contributed by atoms with Gasteiger partial charge in [0.2, 0.25) is 0 Å². The van der Waals surface area contributed by atoms with Crippen LogP contribution in [0, 0.1) is 0 Å². The average Bonchev–Trinajstić information content (AvgIpc) is 2.36. The third-order valence-corrected chi connectivity index (χ3v) is 2.67. The number of hydrogen-bond acceptors (Lipinski definition) is 7. The molecule has 0 aliphatic rings. The SMILES string of the molecule is OCCN(CCO)CCNC(CO)(CO)CO. The van der Waals surface area contributed by atoms with Gasteiger partial charge in [0, 0.05) is 26.2 Å². The minimum Gasteiger partial charge on any atom is -0.395 e. The van der Waals surface area contributed by atoms with E-state index in [1.165, 1.54) is 0 Å². The Labute approximate surface area is 101 Å². The molecule has 7 nitrogen and oxygen atoms in total. The molecule has 0 saturated carbocycles. The van der Waals surface area contributed by atoms with E-state index in [1.54, 1.807) is 0 Å². The van der Waals surface area contributed by atoms with E-state index >= 15 is 0 Å². The number of nitrogens with one attached hydrogen (secondary N) is 1. The Hall–Kier alpha value is -0.280. The highest BCUT2D eigenvalue weighted by atomic mass is 16.3. The molecule has 6 N–H and O–H groups in total. The van der Waals surface area contributed by atoms with Crippen molar-refractivity contribution in [3.05, 3.63) is 0 Å². The van der Waals surface area contributed by atoms with Gasteiger partial charge in [0.1, 0.15) is 0 Å². The van der Waals surface area contributed by atoms with Crippen LogP contribution in [0.1, 0.15) is 0 Å². The number of rotatable bonds is 11. The Morgan fingerprint density at radius 3 is 1.59 bits per heavy atom. The molecule has 0 unspecified atom stereocenters. The molecular formula is C10H24N2O5. The average molecular weight is 252 g/mol. The quantitative estimate of drug-likeness (QED) is 0.227. The molecule has 0 aliphatic carbocycles. The van der Waals surface area contributed by atoms with Gasteiger partial charge in [-0.2, -0.15) is 0 Å². The fourth-order valence-corrected chi connectivity index (χ4v) is 1.42. The molecule has 0 aliphatic heterocycles. The fraction of sp³-hybridized carbons (Fsp3) is 1.00. The normalized spacial score (nSPS) is 12.4.